The van der Waals surface area contributed by atoms with Crippen LogP contribution >= 0.6 is 0 Å². The molecule has 0 unspecified atom stereocenters. The highest BCUT2D eigenvalue weighted by molar-refractivity contribution is 5.63. The minimum absolute atomic E-state index is 0.204. The first-order chi connectivity index (χ1) is 10.4. The smallest absolute Gasteiger partial charge is 0.142 e. The van der Waals surface area contributed by atoms with Gasteiger partial charge in [-0.1, -0.05) is 42.5 Å². The minimum Gasteiger partial charge on any atom is -0.498 e. The van der Waals surface area contributed by atoms with E-state index in [-0.39, 0.29) is 5.54 Å². The summed E-state index contributed by atoms with van der Waals surface area (Å²) in [5, 5.41) is 0. The van der Waals surface area contributed by atoms with Crippen LogP contribution in [0.4, 0.5) is 5.69 Å². The largest absolute Gasteiger partial charge is 0.498 e. The summed E-state index contributed by atoms with van der Waals surface area (Å²) in [5.41, 5.74) is 2.21. The molecule has 0 saturated carbocycles. The molecule has 3 nitrogen and oxygen atoms in total. The number of rotatable bonds is 2. The van der Waals surface area contributed by atoms with Crippen molar-refractivity contribution in [2.45, 2.75) is 12.1 Å². The number of benzene rings is 2. The molecule has 0 N–H and O–H groups in total. The highest BCUT2D eigenvalue weighted by Crippen LogP contribution is 2.41. The predicted octanol–water partition coefficient (Wildman–Crippen LogP) is 3.37. The molecule has 0 fully saturated rings. The molecule has 2 aliphatic rings. The number of fused-ring (bicyclic) bond motifs is 1. The Morgan fingerprint density at radius 1 is 0.952 bits per heavy atom. The van der Waals surface area contributed by atoms with E-state index < -0.39 is 0 Å². The summed E-state index contributed by atoms with van der Waals surface area (Å²) < 4.78 is 11.5. The monoisotopic (exact) mass is 279 g/mol. The van der Waals surface area contributed by atoms with E-state index in [1.165, 1.54) is 5.56 Å². The van der Waals surface area contributed by atoms with Gasteiger partial charge < -0.3 is 14.4 Å². The second kappa shape index (κ2) is 4.85. The van der Waals surface area contributed by atoms with Crippen molar-refractivity contribution in [1.82, 2.24) is 0 Å². The molecule has 2 aromatic carbocycles. The molecule has 3 heteroatoms. The molecule has 0 bridgehead atoms. The van der Waals surface area contributed by atoms with Gasteiger partial charge in [-0.2, -0.15) is 0 Å². The normalized spacial score (nSPS) is 22.8. The van der Waals surface area contributed by atoms with Gasteiger partial charge in [-0.25, -0.2) is 0 Å². The number of para-hydroxylation sites is 2. The van der Waals surface area contributed by atoms with E-state index in [0.717, 1.165) is 18.0 Å². The molecule has 106 valence electrons. The molecule has 0 amide bonds. The Labute approximate surface area is 124 Å². The first-order valence-electron chi connectivity index (χ1n) is 7.20. The van der Waals surface area contributed by atoms with Crippen molar-refractivity contribution in [3.8, 4) is 5.75 Å². The van der Waals surface area contributed by atoms with E-state index in [1.807, 2.05) is 18.2 Å². The van der Waals surface area contributed by atoms with Gasteiger partial charge in [0.05, 0.1) is 11.9 Å². The van der Waals surface area contributed by atoms with Crippen molar-refractivity contribution in [1.29, 1.82) is 0 Å². The number of ether oxygens (including phenoxy) is 2. The molecule has 1 spiro atoms. The number of hydrogen-bond acceptors (Lipinski definition) is 3. The molecule has 21 heavy (non-hydrogen) atoms. The quantitative estimate of drug-likeness (QED) is 0.841. The van der Waals surface area contributed by atoms with Crippen LogP contribution in [0, 0.1) is 0 Å². The van der Waals surface area contributed by atoms with Crippen LogP contribution in [0.1, 0.15) is 5.56 Å². The van der Waals surface area contributed by atoms with Crippen LogP contribution in [-0.4, -0.2) is 18.8 Å². The van der Waals surface area contributed by atoms with Crippen LogP contribution in [0.15, 0.2) is 66.9 Å². The van der Waals surface area contributed by atoms with Gasteiger partial charge in [0.1, 0.15) is 24.5 Å². The zero-order valence-electron chi connectivity index (χ0n) is 11.7. The molecule has 0 radical (unpaired) electrons. The van der Waals surface area contributed by atoms with Crippen LogP contribution < -0.4 is 9.64 Å². The van der Waals surface area contributed by atoms with E-state index in [0.29, 0.717) is 13.2 Å². The summed E-state index contributed by atoms with van der Waals surface area (Å²) in [4.78, 5) is 2.39. The van der Waals surface area contributed by atoms with Gasteiger partial charge in [-0.15, -0.1) is 0 Å². The van der Waals surface area contributed by atoms with Crippen molar-refractivity contribution in [3.63, 3.8) is 0 Å². The fourth-order valence-electron chi connectivity index (χ4n) is 3.00. The maximum Gasteiger partial charge on any atom is 0.142 e. The van der Waals surface area contributed by atoms with Crippen molar-refractivity contribution in [2.24, 2.45) is 0 Å². The maximum absolute atomic E-state index is 5.96. The lowest BCUT2D eigenvalue weighted by Gasteiger charge is -2.44. The summed E-state index contributed by atoms with van der Waals surface area (Å²) in [6.45, 7) is 2.09. The molecule has 0 aliphatic carbocycles. The Bertz CT molecular complexity index is 668. The predicted molar refractivity (Wildman–Crippen MR) is 82.4 cm³/mol. The summed E-state index contributed by atoms with van der Waals surface area (Å²) in [5.74, 6) is 0.944. The Balaban J connectivity index is 1.77. The highest BCUT2D eigenvalue weighted by atomic mass is 16.5. The topological polar surface area (TPSA) is 21.7 Å². The third-order valence-electron chi connectivity index (χ3n) is 4.16. The van der Waals surface area contributed by atoms with E-state index in [1.54, 1.807) is 6.26 Å². The van der Waals surface area contributed by atoms with Crippen LogP contribution in [0.25, 0.3) is 0 Å². The van der Waals surface area contributed by atoms with Crippen LogP contribution in [0.3, 0.4) is 0 Å². The summed E-state index contributed by atoms with van der Waals surface area (Å²) in [6, 6.07) is 18.7. The average molecular weight is 279 g/mol. The van der Waals surface area contributed by atoms with E-state index in [4.69, 9.17) is 9.47 Å². The second-order valence-electron chi connectivity index (χ2n) is 5.55. The molecule has 1 atom stereocenters. The van der Waals surface area contributed by atoms with Crippen molar-refractivity contribution >= 4 is 5.69 Å². The van der Waals surface area contributed by atoms with Gasteiger partial charge in [0.15, 0.2) is 0 Å². The highest BCUT2D eigenvalue weighted by Gasteiger charge is 2.43. The van der Waals surface area contributed by atoms with Gasteiger partial charge in [-0.05, 0) is 23.8 Å². The summed E-state index contributed by atoms with van der Waals surface area (Å²) >= 11 is 0. The zero-order valence-corrected chi connectivity index (χ0v) is 11.7. The number of anilines is 1. The Morgan fingerprint density at radius 2 is 1.76 bits per heavy atom. The number of nitrogens with zero attached hydrogens (tertiary/aromatic N) is 1. The van der Waals surface area contributed by atoms with Crippen molar-refractivity contribution in [2.75, 3.05) is 18.1 Å². The number of hydrogen-bond donors (Lipinski definition) is 0. The maximum atomic E-state index is 5.96. The Morgan fingerprint density at radius 3 is 2.57 bits per heavy atom. The van der Waals surface area contributed by atoms with Gasteiger partial charge in [0.25, 0.3) is 0 Å². The molecular formula is C18H17NO2. The standard InChI is InChI=1S/C18H17NO2/c1-2-6-15(7-3-1)12-19-16-8-4-5-9-17(16)21-14-18(19)10-11-20-13-18/h1-11H,12-14H2/t18-/m1/s1. The summed E-state index contributed by atoms with van der Waals surface area (Å²) in [7, 11) is 0. The van der Waals surface area contributed by atoms with E-state index in [9.17, 15) is 0 Å². The molecular weight excluding hydrogens is 262 g/mol. The molecule has 2 aromatic rings. The van der Waals surface area contributed by atoms with Crippen LogP contribution in [0.5, 0.6) is 5.75 Å². The molecule has 0 saturated heterocycles. The van der Waals surface area contributed by atoms with Gasteiger partial charge in [0, 0.05) is 6.54 Å². The Kier molecular flexibility index (Phi) is 2.85. The molecule has 0 aromatic heterocycles. The zero-order chi connectivity index (χ0) is 14.1. The van der Waals surface area contributed by atoms with Gasteiger partial charge in [0.2, 0.25) is 0 Å². The third kappa shape index (κ3) is 2.05. The minimum atomic E-state index is -0.204. The van der Waals surface area contributed by atoms with Crippen LogP contribution in [-0.2, 0) is 11.3 Å². The average Bonchev–Trinajstić information content (AvgIpc) is 3.01. The van der Waals surface area contributed by atoms with E-state index in [2.05, 4.69) is 47.4 Å². The third-order valence-corrected chi connectivity index (χ3v) is 4.16. The van der Waals surface area contributed by atoms with Gasteiger partial charge >= 0.3 is 0 Å². The lowest BCUT2D eigenvalue weighted by Crippen LogP contribution is -2.55. The molecule has 2 heterocycles. The van der Waals surface area contributed by atoms with E-state index >= 15 is 0 Å². The lowest BCUT2D eigenvalue weighted by molar-refractivity contribution is 0.155. The van der Waals surface area contributed by atoms with Gasteiger partial charge in [-0.3, -0.25) is 0 Å². The molecule has 4 rings (SSSR count). The second-order valence-corrected chi connectivity index (χ2v) is 5.55. The van der Waals surface area contributed by atoms with Crippen LogP contribution in [0.2, 0.25) is 0 Å². The fraction of sp³-hybridized carbons (Fsp3) is 0.222. The van der Waals surface area contributed by atoms with Crippen molar-refractivity contribution < 1.29 is 9.47 Å². The summed E-state index contributed by atoms with van der Waals surface area (Å²) in [6.07, 6.45) is 3.90. The van der Waals surface area contributed by atoms with Crippen molar-refractivity contribution in [3.05, 3.63) is 72.5 Å². The molecule has 2 aliphatic heterocycles. The fourth-order valence-corrected chi connectivity index (χ4v) is 3.00. The SMILES string of the molecule is C1=C[C@@]2(CO1)COc1ccccc1N2Cc1ccccc1. The lowest BCUT2D eigenvalue weighted by atomic mass is 9.96. The Hall–Kier alpha value is -2.42. The first-order valence-corrected chi connectivity index (χ1v) is 7.20. The first kappa shape index (κ1) is 12.3.